The first-order valence-corrected chi connectivity index (χ1v) is 6.23. The van der Waals surface area contributed by atoms with Crippen molar-refractivity contribution in [3.05, 3.63) is 47.5 Å². The maximum absolute atomic E-state index is 12.3. The molecule has 1 aromatic carbocycles. The number of ketones is 1. The normalized spacial score (nSPS) is 19.9. The largest absolute Gasteiger partial charge is 0.295 e. The van der Waals surface area contributed by atoms with Gasteiger partial charge in [-0.1, -0.05) is 18.2 Å². The topological polar surface area (TPSA) is 54.5 Å². The van der Waals surface area contributed by atoms with Crippen LogP contribution in [0, 0.1) is 0 Å². The van der Waals surface area contributed by atoms with Crippen molar-refractivity contribution in [2.45, 2.75) is 25.3 Å². The quantitative estimate of drug-likeness (QED) is 0.613. The second kappa shape index (κ2) is 3.88. The number of nitrogens with zero attached hydrogens (tertiary/aromatic N) is 1. The monoisotopic (exact) mass is 255 g/mol. The van der Waals surface area contributed by atoms with Gasteiger partial charge in [0.15, 0.2) is 5.78 Å². The highest BCUT2D eigenvalue weighted by Gasteiger charge is 2.54. The van der Waals surface area contributed by atoms with Crippen LogP contribution in [-0.2, 0) is 4.79 Å². The summed E-state index contributed by atoms with van der Waals surface area (Å²) in [6.45, 7) is 1.45. The molecular weight excluding hydrogens is 242 g/mol. The van der Waals surface area contributed by atoms with E-state index in [1.165, 1.54) is 17.9 Å². The summed E-state index contributed by atoms with van der Waals surface area (Å²) in [7, 11) is 0. The Labute approximate surface area is 110 Å². The molecule has 1 saturated carbocycles. The van der Waals surface area contributed by atoms with Gasteiger partial charge in [-0.15, -0.1) is 0 Å². The van der Waals surface area contributed by atoms with E-state index >= 15 is 0 Å². The zero-order valence-electron chi connectivity index (χ0n) is 10.6. The molecular formula is C15H13NO3. The van der Waals surface area contributed by atoms with Crippen molar-refractivity contribution in [3.8, 4) is 0 Å². The predicted octanol–water partition coefficient (Wildman–Crippen LogP) is 1.96. The van der Waals surface area contributed by atoms with Gasteiger partial charge in [0.2, 0.25) is 0 Å². The second-order valence-electron chi connectivity index (χ2n) is 5.04. The van der Waals surface area contributed by atoms with E-state index in [1.54, 1.807) is 30.3 Å². The summed E-state index contributed by atoms with van der Waals surface area (Å²) >= 11 is 0. The lowest BCUT2D eigenvalue weighted by Gasteiger charge is -2.22. The summed E-state index contributed by atoms with van der Waals surface area (Å²) in [4.78, 5) is 37.0. The van der Waals surface area contributed by atoms with Crippen LogP contribution in [-0.4, -0.2) is 28.0 Å². The van der Waals surface area contributed by atoms with Crippen LogP contribution in [0.1, 0.15) is 40.5 Å². The first kappa shape index (κ1) is 11.8. The highest BCUT2D eigenvalue weighted by Crippen LogP contribution is 2.46. The molecule has 1 aliphatic carbocycles. The molecule has 3 rings (SSSR count). The Bertz CT molecular complexity index is 591. The number of hydrogen-bond acceptors (Lipinski definition) is 3. The molecule has 19 heavy (non-hydrogen) atoms. The Kier molecular flexibility index (Phi) is 2.42. The van der Waals surface area contributed by atoms with Gasteiger partial charge in [0.25, 0.3) is 11.8 Å². The van der Waals surface area contributed by atoms with Gasteiger partial charge >= 0.3 is 0 Å². The van der Waals surface area contributed by atoms with E-state index in [-0.39, 0.29) is 17.6 Å². The molecule has 4 heteroatoms. The first-order chi connectivity index (χ1) is 9.05. The molecule has 4 nitrogen and oxygen atoms in total. The molecule has 0 atom stereocenters. The molecule has 0 unspecified atom stereocenters. The fraction of sp³-hybridized carbons (Fsp3) is 0.267. The van der Waals surface area contributed by atoms with Crippen molar-refractivity contribution in [1.29, 1.82) is 0 Å². The minimum atomic E-state index is -0.584. The van der Waals surface area contributed by atoms with Crippen molar-refractivity contribution in [1.82, 2.24) is 4.90 Å². The second-order valence-corrected chi connectivity index (χ2v) is 5.04. The fourth-order valence-electron chi connectivity index (χ4n) is 2.46. The maximum atomic E-state index is 12.3. The zero-order valence-corrected chi connectivity index (χ0v) is 10.6. The summed E-state index contributed by atoms with van der Waals surface area (Å²) in [6.07, 6.45) is 4.58. The van der Waals surface area contributed by atoms with E-state index in [9.17, 15) is 14.4 Å². The Hall–Kier alpha value is -2.23. The molecule has 2 amide bonds. The third-order valence-corrected chi connectivity index (χ3v) is 3.63. The third kappa shape index (κ3) is 1.71. The summed E-state index contributed by atoms with van der Waals surface area (Å²) in [5.41, 5.74) is 0.323. The molecule has 1 heterocycles. The van der Waals surface area contributed by atoms with Crippen LogP contribution in [0.15, 0.2) is 36.4 Å². The van der Waals surface area contributed by atoms with Crippen LogP contribution in [0.5, 0.6) is 0 Å². The predicted molar refractivity (Wildman–Crippen MR) is 68.7 cm³/mol. The number of allylic oxidation sites excluding steroid dienone is 1. The number of benzene rings is 1. The van der Waals surface area contributed by atoms with Crippen molar-refractivity contribution < 1.29 is 14.4 Å². The van der Waals surface area contributed by atoms with E-state index in [1.807, 2.05) is 0 Å². The smallest absolute Gasteiger partial charge is 0.262 e. The number of amides is 2. The SMILES string of the molecule is CC(=O)/C=C/C1(N2C(=O)c3ccccc3C2=O)CC1. The van der Waals surface area contributed by atoms with Crippen molar-refractivity contribution in [2.75, 3.05) is 0 Å². The molecule has 2 aliphatic rings. The number of hydrogen-bond donors (Lipinski definition) is 0. The Morgan fingerprint density at radius 2 is 1.68 bits per heavy atom. The third-order valence-electron chi connectivity index (χ3n) is 3.63. The number of carbonyl (C=O) groups is 3. The Morgan fingerprint density at radius 1 is 1.16 bits per heavy atom. The fourth-order valence-corrected chi connectivity index (χ4v) is 2.46. The van der Waals surface area contributed by atoms with Crippen LogP contribution in [0.2, 0.25) is 0 Å². The molecule has 0 saturated heterocycles. The van der Waals surface area contributed by atoms with Crippen LogP contribution < -0.4 is 0 Å². The van der Waals surface area contributed by atoms with Crippen molar-refractivity contribution in [3.63, 3.8) is 0 Å². The van der Waals surface area contributed by atoms with E-state index < -0.39 is 5.54 Å². The lowest BCUT2D eigenvalue weighted by molar-refractivity contribution is -0.112. The van der Waals surface area contributed by atoms with Crippen LogP contribution in [0.3, 0.4) is 0 Å². The van der Waals surface area contributed by atoms with Gasteiger partial charge in [-0.3, -0.25) is 19.3 Å². The van der Waals surface area contributed by atoms with Crippen LogP contribution in [0.25, 0.3) is 0 Å². The van der Waals surface area contributed by atoms with Gasteiger partial charge in [0, 0.05) is 0 Å². The molecule has 96 valence electrons. The zero-order chi connectivity index (χ0) is 13.6. The van der Waals surface area contributed by atoms with Gasteiger partial charge < -0.3 is 0 Å². The molecule has 1 fully saturated rings. The molecule has 0 N–H and O–H groups in total. The molecule has 0 spiro atoms. The van der Waals surface area contributed by atoms with E-state index in [0.29, 0.717) is 11.1 Å². The van der Waals surface area contributed by atoms with Crippen molar-refractivity contribution >= 4 is 17.6 Å². The highest BCUT2D eigenvalue weighted by atomic mass is 16.2. The lowest BCUT2D eigenvalue weighted by atomic mass is 10.1. The minimum Gasteiger partial charge on any atom is -0.295 e. The molecule has 0 bridgehead atoms. The van der Waals surface area contributed by atoms with E-state index in [0.717, 1.165) is 12.8 Å². The molecule has 1 aliphatic heterocycles. The van der Waals surface area contributed by atoms with Gasteiger partial charge in [-0.25, -0.2) is 0 Å². The van der Waals surface area contributed by atoms with Crippen LogP contribution >= 0.6 is 0 Å². The van der Waals surface area contributed by atoms with E-state index in [2.05, 4.69) is 0 Å². The Balaban J connectivity index is 1.99. The van der Waals surface area contributed by atoms with Gasteiger partial charge in [0.1, 0.15) is 0 Å². The molecule has 0 radical (unpaired) electrons. The number of fused-ring (bicyclic) bond motifs is 1. The average Bonchev–Trinajstić information content (AvgIpc) is 3.12. The number of carbonyl (C=O) groups excluding carboxylic acids is 3. The van der Waals surface area contributed by atoms with E-state index in [4.69, 9.17) is 0 Å². The summed E-state index contributed by atoms with van der Waals surface area (Å²) in [5.74, 6) is -0.597. The Morgan fingerprint density at radius 3 is 2.11 bits per heavy atom. The summed E-state index contributed by atoms with van der Waals surface area (Å²) in [5, 5.41) is 0. The first-order valence-electron chi connectivity index (χ1n) is 6.23. The summed E-state index contributed by atoms with van der Waals surface area (Å²) in [6, 6.07) is 6.83. The van der Waals surface area contributed by atoms with Gasteiger partial charge in [-0.2, -0.15) is 0 Å². The van der Waals surface area contributed by atoms with Gasteiger partial charge in [0.05, 0.1) is 16.7 Å². The minimum absolute atomic E-state index is 0.0807. The standard InChI is InChI=1S/C15H13NO3/c1-10(17)6-7-15(8-9-15)16-13(18)11-4-2-3-5-12(11)14(16)19/h2-7H,8-9H2,1H3/b7-6+. The molecule has 1 aromatic rings. The average molecular weight is 255 g/mol. The lowest BCUT2D eigenvalue weighted by Crippen LogP contribution is -2.40. The van der Waals surface area contributed by atoms with Crippen LogP contribution in [0.4, 0.5) is 0 Å². The molecule has 0 aromatic heterocycles. The summed E-state index contributed by atoms with van der Waals surface area (Å²) < 4.78 is 0. The maximum Gasteiger partial charge on any atom is 0.262 e. The number of imide groups is 1. The van der Waals surface area contributed by atoms with Gasteiger partial charge in [-0.05, 0) is 38.0 Å². The van der Waals surface area contributed by atoms with Crippen molar-refractivity contribution in [2.24, 2.45) is 0 Å². The number of rotatable bonds is 3. The highest BCUT2D eigenvalue weighted by molar-refractivity contribution is 6.22.